The van der Waals surface area contributed by atoms with Gasteiger partial charge >= 0.3 is 0 Å². The van der Waals surface area contributed by atoms with Crippen molar-refractivity contribution < 1.29 is 9.18 Å². The van der Waals surface area contributed by atoms with E-state index in [1.807, 2.05) is 29.3 Å². The number of benzene rings is 2. The van der Waals surface area contributed by atoms with E-state index in [0.29, 0.717) is 18.1 Å². The smallest absolute Gasteiger partial charge is 0.242 e. The number of anilines is 1. The monoisotopic (exact) mass is 383 g/mol. The van der Waals surface area contributed by atoms with Crippen molar-refractivity contribution in [3.05, 3.63) is 71.1 Å². The summed E-state index contributed by atoms with van der Waals surface area (Å²) in [6, 6.07) is 12.1. The number of para-hydroxylation sites is 1. The number of nitrogens with zero attached hydrogens (tertiary/aromatic N) is 1. The topological polar surface area (TPSA) is 48.1 Å². The highest BCUT2D eigenvalue weighted by Crippen LogP contribution is 2.29. The first kappa shape index (κ1) is 17.6. The van der Waals surface area contributed by atoms with Crippen LogP contribution in [-0.2, 0) is 4.79 Å². The SMILES string of the molecule is O=C(CNc1ccccc1Cl)N1CC=C(c2c[nH]c3cc(F)ccc23)CC1. The summed E-state index contributed by atoms with van der Waals surface area (Å²) >= 11 is 6.10. The lowest BCUT2D eigenvalue weighted by Crippen LogP contribution is -2.38. The number of H-pyrrole nitrogens is 1. The molecule has 27 heavy (non-hydrogen) atoms. The van der Waals surface area contributed by atoms with Gasteiger partial charge in [0.15, 0.2) is 0 Å². The van der Waals surface area contributed by atoms with E-state index in [1.54, 1.807) is 12.1 Å². The molecule has 0 bridgehead atoms. The molecule has 0 saturated heterocycles. The Morgan fingerprint density at radius 1 is 1.26 bits per heavy atom. The summed E-state index contributed by atoms with van der Waals surface area (Å²) in [5.74, 6) is -0.220. The van der Waals surface area contributed by atoms with E-state index in [-0.39, 0.29) is 18.3 Å². The molecule has 0 aliphatic carbocycles. The van der Waals surface area contributed by atoms with Crippen molar-refractivity contribution in [3.8, 4) is 0 Å². The van der Waals surface area contributed by atoms with Crippen molar-refractivity contribution in [1.29, 1.82) is 0 Å². The molecule has 1 amide bonds. The van der Waals surface area contributed by atoms with Crippen LogP contribution in [0.3, 0.4) is 0 Å². The van der Waals surface area contributed by atoms with Crippen molar-refractivity contribution in [2.75, 3.05) is 25.0 Å². The molecule has 0 fully saturated rings. The summed E-state index contributed by atoms with van der Waals surface area (Å²) in [7, 11) is 0. The lowest BCUT2D eigenvalue weighted by atomic mass is 9.99. The van der Waals surface area contributed by atoms with Crippen molar-refractivity contribution in [2.45, 2.75) is 6.42 Å². The lowest BCUT2D eigenvalue weighted by Gasteiger charge is -2.27. The fraction of sp³-hybridized carbons (Fsp3) is 0.190. The number of hydrogen-bond donors (Lipinski definition) is 2. The highest BCUT2D eigenvalue weighted by Gasteiger charge is 2.19. The highest BCUT2D eigenvalue weighted by atomic mass is 35.5. The molecule has 4 nitrogen and oxygen atoms in total. The first-order valence-corrected chi connectivity index (χ1v) is 9.22. The summed E-state index contributed by atoms with van der Waals surface area (Å²) in [6.45, 7) is 1.42. The molecule has 0 saturated carbocycles. The standard InChI is InChI=1S/C21H19ClFN3O/c22-18-3-1-2-4-19(18)25-13-21(27)26-9-7-14(8-10-26)17-12-24-20-11-15(23)5-6-16(17)20/h1-7,11-12,24-25H,8-10,13H2. The minimum atomic E-state index is -0.253. The Morgan fingerprint density at radius 2 is 2.11 bits per heavy atom. The third-order valence-corrected chi connectivity index (χ3v) is 5.19. The van der Waals surface area contributed by atoms with Crippen LogP contribution in [0.15, 0.2) is 54.7 Å². The minimum Gasteiger partial charge on any atom is -0.375 e. The third-order valence-electron chi connectivity index (χ3n) is 4.86. The van der Waals surface area contributed by atoms with Crippen molar-refractivity contribution in [3.63, 3.8) is 0 Å². The fourth-order valence-electron chi connectivity index (χ4n) is 3.39. The minimum absolute atomic E-state index is 0.0335. The van der Waals surface area contributed by atoms with Crippen LogP contribution < -0.4 is 5.32 Å². The van der Waals surface area contributed by atoms with E-state index >= 15 is 0 Å². The van der Waals surface area contributed by atoms with E-state index in [9.17, 15) is 9.18 Å². The van der Waals surface area contributed by atoms with Gasteiger partial charge in [-0.1, -0.05) is 29.8 Å². The molecule has 138 valence electrons. The number of rotatable bonds is 4. The first-order valence-electron chi connectivity index (χ1n) is 8.84. The largest absolute Gasteiger partial charge is 0.375 e. The molecule has 0 atom stereocenters. The number of aromatic amines is 1. The number of halogens is 2. The number of nitrogens with one attached hydrogen (secondary N) is 2. The van der Waals surface area contributed by atoms with Crippen molar-refractivity contribution >= 4 is 39.7 Å². The molecular formula is C21H19ClFN3O. The van der Waals surface area contributed by atoms with Crippen LogP contribution in [0, 0.1) is 5.82 Å². The number of carbonyl (C=O) groups excluding carboxylic acids is 1. The molecule has 0 unspecified atom stereocenters. The van der Waals surface area contributed by atoms with Crippen LogP contribution in [0.5, 0.6) is 0 Å². The Labute approximate surface area is 161 Å². The molecule has 2 N–H and O–H groups in total. The average molecular weight is 384 g/mol. The maximum atomic E-state index is 13.4. The van der Waals surface area contributed by atoms with Gasteiger partial charge in [0.2, 0.25) is 5.91 Å². The quantitative estimate of drug-likeness (QED) is 0.686. The van der Waals surface area contributed by atoms with Gasteiger partial charge in [-0.2, -0.15) is 0 Å². The van der Waals surface area contributed by atoms with Gasteiger partial charge in [0.05, 0.1) is 17.3 Å². The molecule has 6 heteroatoms. The fourth-order valence-corrected chi connectivity index (χ4v) is 3.59. The molecule has 0 spiro atoms. The predicted molar refractivity (Wildman–Crippen MR) is 107 cm³/mol. The molecule has 3 aromatic rings. The number of amides is 1. The molecule has 2 aromatic carbocycles. The zero-order valence-electron chi connectivity index (χ0n) is 14.6. The number of carbonyl (C=O) groups is 1. The molecule has 2 heterocycles. The number of fused-ring (bicyclic) bond motifs is 1. The zero-order chi connectivity index (χ0) is 18.8. The second-order valence-electron chi connectivity index (χ2n) is 6.54. The Bertz CT molecular complexity index is 1030. The lowest BCUT2D eigenvalue weighted by molar-refractivity contribution is -0.128. The van der Waals surface area contributed by atoms with Gasteiger partial charge in [0.1, 0.15) is 5.82 Å². The Balaban J connectivity index is 1.42. The second-order valence-corrected chi connectivity index (χ2v) is 6.95. The Morgan fingerprint density at radius 3 is 2.89 bits per heavy atom. The Kier molecular flexibility index (Phi) is 4.86. The molecule has 0 radical (unpaired) electrons. The number of aromatic nitrogens is 1. The third kappa shape index (κ3) is 3.69. The van der Waals surface area contributed by atoms with Crippen LogP contribution in [0.25, 0.3) is 16.5 Å². The van der Waals surface area contributed by atoms with Crippen LogP contribution in [0.2, 0.25) is 5.02 Å². The normalized spacial score (nSPS) is 14.3. The van der Waals surface area contributed by atoms with Crippen molar-refractivity contribution in [1.82, 2.24) is 9.88 Å². The van der Waals surface area contributed by atoms with Gasteiger partial charge in [-0.25, -0.2) is 4.39 Å². The van der Waals surface area contributed by atoms with Crippen LogP contribution in [0.1, 0.15) is 12.0 Å². The highest BCUT2D eigenvalue weighted by molar-refractivity contribution is 6.33. The van der Waals surface area contributed by atoms with Gasteiger partial charge in [0, 0.05) is 35.8 Å². The average Bonchev–Trinajstić information content (AvgIpc) is 3.10. The summed E-state index contributed by atoms with van der Waals surface area (Å²) in [6.07, 6.45) is 4.75. The summed E-state index contributed by atoms with van der Waals surface area (Å²) < 4.78 is 13.4. The van der Waals surface area contributed by atoms with Gasteiger partial charge < -0.3 is 15.2 Å². The van der Waals surface area contributed by atoms with Crippen LogP contribution in [-0.4, -0.2) is 35.4 Å². The van der Waals surface area contributed by atoms with Gasteiger partial charge in [-0.3, -0.25) is 4.79 Å². The predicted octanol–water partition coefficient (Wildman–Crippen LogP) is 4.69. The van der Waals surface area contributed by atoms with Crippen molar-refractivity contribution in [2.24, 2.45) is 0 Å². The van der Waals surface area contributed by atoms with E-state index in [0.717, 1.165) is 28.6 Å². The van der Waals surface area contributed by atoms with Gasteiger partial charge in [-0.05, 0) is 42.3 Å². The summed E-state index contributed by atoms with van der Waals surface area (Å²) in [5, 5.41) is 4.70. The van der Waals surface area contributed by atoms with E-state index in [4.69, 9.17) is 11.6 Å². The van der Waals surface area contributed by atoms with Gasteiger partial charge in [-0.15, -0.1) is 0 Å². The maximum Gasteiger partial charge on any atom is 0.242 e. The molecule has 1 aliphatic heterocycles. The molecule has 4 rings (SSSR count). The second kappa shape index (κ2) is 7.45. The first-order chi connectivity index (χ1) is 13.1. The maximum absolute atomic E-state index is 13.4. The zero-order valence-corrected chi connectivity index (χ0v) is 15.4. The van der Waals surface area contributed by atoms with E-state index in [2.05, 4.69) is 16.4 Å². The van der Waals surface area contributed by atoms with Crippen LogP contribution >= 0.6 is 11.6 Å². The van der Waals surface area contributed by atoms with Crippen LogP contribution in [0.4, 0.5) is 10.1 Å². The molecular weight excluding hydrogens is 365 g/mol. The summed E-state index contributed by atoms with van der Waals surface area (Å²) in [4.78, 5) is 17.4. The van der Waals surface area contributed by atoms with E-state index < -0.39 is 0 Å². The molecule has 1 aromatic heterocycles. The summed E-state index contributed by atoms with van der Waals surface area (Å²) in [5.41, 5.74) is 3.79. The Hall–Kier alpha value is -2.79. The number of hydrogen-bond acceptors (Lipinski definition) is 2. The van der Waals surface area contributed by atoms with Gasteiger partial charge in [0.25, 0.3) is 0 Å². The van der Waals surface area contributed by atoms with E-state index in [1.165, 1.54) is 17.7 Å². The molecule has 1 aliphatic rings.